The van der Waals surface area contributed by atoms with Crippen LogP contribution in [0.25, 0.3) is 0 Å². The van der Waals surface area contributed by atoms with Crippen molar-refractivity contribution in [3.63, 3.8) is 0 Å². The maximum absolute atomic E-state index is 11.7. The summed E-state index contributed by atoms with van der Waals surface area (Å²) in [4.78, 5) is 15.8. The van der Waals surface area contributed by atoms with E-state index in [0.29, 0.717) is 11.6 Å². The first-order valence-electron chi connectivity index (χ1n) is 5.24. The highest BCUT2D eigenvalue weighted by molar-refractivity contribution is 7.09. The van der Waals surface area contributed by atoms with Crippen LogP contribution in [0, 0.1) is 0 Å². The van der Waals surface area contributed by atoms with Crippen LogP contribution >= 0.6 is 11.3 Å². The Hall–Kier alpha value is -1.72. The smallest absolute Gasteiger partial charge is 0.244 e. The van der Waals surface area contributed by atoms with Gasteiger partial charge in [-0.05, 0) is 5.56 Å². The van der Waals surface area contributed by atoms with Gasteiger partial charge in [-0.1, -0.05) is 30.3 Å². The molecule has 1 unspecified atom stereocenters. The Morgan fingerprint density at radius 1 is 1.41 bits per heavy atom. The second-order valence-electron chi connectivity index (χ2n) is 3.55. The molecule has 0 aliphatic heterocycles. The van der Waals surface area contributed by atoms with E-state index in [0.717, 1.165) is 5.56 Å². The number of rotatable bonds is 4. The van der Waals surface area contributed by atoms with E-state index in [1.165, 1.54) is 11.3 Å². The predicted molar refractivity (Wildman–Crippen MR) is 67.3 cm³/mol. The SMILES string of the molecule is NC(C(=O)NCc1ccccc1)c1nccs1. The lowest BCUT2D eigenvalue weighted by Crippen LogP contribution is -2.33. The third-order valence-electron chi connectivity index (χ3n) is 2.31. The van der Waals surface area contributed by atoms with Crippen molar-refractivity contribution in [3.05, 3.63) is 52.5 Å². The first-order chi connectivity index (χ1) is 8.27. The van der Waals surface area contributed by atoms with Gasteiger partial charge in [0.2, 0.25) is 5.91 Å². The van der Waals surface area contributed by atoms with Gasteiger partial charge in [0, 0.05) is 18.1 Å². The van der Waals surface area contributed by atoms with Gasteiger partial charge in [0.1, 0.15) is 11.0 Å². The fourth-order valence-electron chi connectivity index (χ4n) is 1.40. The number of nitrogens with zero attached hydrogens (tertiary/aromatic N) is 1. The molecule has 1 atom stereocenters. The van der Waals surface area contributed by atoms with Crippen LogP contribution in [0.15, 0.2) is 41.9 Å². The number of aromatic nitrogens is 1. The van der Waals surface area contributed by atoms with Crippen molar-refractivity contribution < 1.29 is 4.79 Å². The van der Waals surface area contributed by atoms with E-state index in [1.54, 1.807) is 11.6 Å². The van der Waals surface area contributed by atoms with Gasteiger partial charge in [0.15, 0.2) is 0 Å². The summed E-state index contributed by atoms with van der Waals surface area (Å²) < 4.78 is 0. The lowest BCUT2D eigenvalue weighted by molar-refractivity contribution is -0.122. The summed E-state index contributed by atoms with van der Waals surface area (Å²) in [7, 11) is 0. The molecule has 0 spiro atoms. The van der Waals surface area contributed by atoms with Crippen LogP contribution in [0.4, 0.5) is 0 Å². The maximum Gasteiger partial charge on any atom is 0.244 e. The van der Waals surface area contributed by atoms with Gasteiger partial charge >= 0.3 is 0 Å². The summed E-state index contributed by atoms with van der Waals surface area (Å²) in [6.45, 7) is 0.485. The molecule has 17 heavy (non-hydrogen) atoms. The van der Waals surface area contributed by atoms with E-state index in [9.17, 15) is 4.79 Å². The molecule has 0 bridgehead atoms. The minimum absolute atomic E-state index is 0.205. The second-order valence-corrected chi connectivity index (χ2v) is 4.48. The first-order valence-corrected chi connectivity index (χ1v) is 6.12. The Kier molecular flexibility index (Phi) is 3.85. The molecular formula is C12H13N3OS. The molecule has 1 amide bonds. The maximum atomic E-state index is 11.7. The van der Waals surface area contributed by atoms with Crippen LogP contribution in [-0.2, 0) is 11.3 Å². The molecule has 1 heterocycles. The Labute approximate surface area is 103 Å². The number of thiazole rings is 1. The van der Waals surface area contributed by atoms with Crippen molar-refractivity contribution in [3.8, 4) is 0 Å². The lowest BCUT2D eigenvalue weighted by Gasteiger charge is -2.09. The Balaban J connectivity index is 1.90. The van der Waals surface area contributed by atoms with Crippen molar-refractivity contribution in [1.29, 1.82) is 0 Å². The van der Waals surface area contributed by atoms with Gasteiger partial charge in [-0.15, -0.1) is 11.3 Å². The summed E-state index contributed by atoms with van der Waals surface area (Å²) >= 11 is 1.38. The van der Waals surface area contributed by atoms with Crippen LogP contribution < -0.4 is 11.1 Å². The molecule has 0 radical (unpaired) electrons. The quantitative estimate of drug-likeness (QED) is 0.859. The van der Waals surface area contributed by atoms with E-state index in [2.05, 4.69) is 10.3 Å². The van der Waals surface area contributed by atoms with E-state index in [1.807, 2.05) is 30.3 Å². The molecule has 88 valence electrons. The number of hydrogen-bond acceptors (Lipinski definition) is 4. The molecule has 3 N–H and O–H groups in total. The zero-order valence-corrected chi connectivity index (χ0v) is 9.98. The molecular weight excluding hydrogens is 234 g/mol. The normalized spacial score (nSPS) is 12.1. The average Bonchev–Trinajstić information content (AvgIpc) is 2.90. The summed E-state index contributed by atoms with van der Waals surface area (Å²) in [6, 6.07) is 9.03. The summed E-state index contributed by atoms with van der Waals surface area (Å²) in [5.74, 6) is -0.205. The van der Waals surface area contributed by atoms with Crippen molar-refractivity contribution in [2.45, 2.75) is 12.6 Å². The zero-order chi connectivity index (χ0) is 12.1. The molecule has 0 saturated heterocycles. The van der Waals surface area contributed by atoms with Crippen LogP contribution in [0.1, 0.15) is 16.6 Å². The van der Waals surface area contributed by atoms with E-state index in [4.69, 9.17) is 5.73 Å². The largest absolute Gasteiger partial charge is 0.350 e. The van der Waals surface area contributed by atoms with Crippen LogP contribution in [0.5, 0.6) is 0 Å². The minimum Gasteiger partial charge on any atom is -0.350 e. The molecule has 2 aromatic rings. The number of amides is 1. The van der Waals surface area contributed by atoms with E-state index < -0.39 is 6.04 Å². The van der Waals surface area contributed by atoms with Gasteiger partial charge < -0.3 is 11.1 Å². The topological polar surface area (TPSA) is 68.0 Å². The molecule has 0 aliphatic rings. The Bertz CT molecular complexity index is 470. The number of benzene rings is 1. The third-order valence-corrected chi connectivity index (χ3v) is 3.17. The average molecular weight is 247 g/mol. The minimum atomic E-state index is -0.682. The van der Waals surface area contributed by atoms with E-state index >= 15 is 0 Å². The van der Waals surface area contributed by atoms with Crippen LogP contribution in [0.3, 0.4) is 0 Å². The van der Waals surface area contributed by atoms with Crippen molar-refractivity contribution in [2.75, 3.05) is 0 Å². The Morgan fingerprint density at radius 3 is 2.82 bits per heavy atom. The lowest BCUT2D eigenvalue weighted by atomic mass is 10.2. The molecule has 4 nitrogen and oxygen atoms in total. The summed E-state index contributed by atoms with van der Waals surface area (Å²) in [6.07, 6.45) is 1.64. The molecule has 0 aliphatic carbocycles. The van der Waals surface area contributed by atoms with Crippen molar-refractivity contribution >= 4 is 17.2 Å². The Morgan fingerprint density at radius 2 is 2.18 bits per heavy atom. The van der Waals surface area contributed by atoms with Gasteiger partial charge in [-0.2, -0.15) is 0 Å². The number of carbonyl (C=O) groups is 1. The third kappa shape index (κ3) is 3.12. The van der Waals surface area contributed by atoms with Crippen molar-refractivity contribution in [1.82, 2.24) is 10.3 Å². The van der Waals surface area contributed by atoms with Crippen LogP contribution in [0.2, 0.25) is 0 Å². The second kappa shape index (κ2) is 5.56. The summed E-state index contributed by atoms with van der Waals surface area (Å²) in [5.41, 5.74) is 6.83. The highest BCUT2D eigenvalue weighted by atomic mass is 32.1. The molecule has 1 aromatic heterocycles. The number of nitrogens with one attached hydrogen (secondary N) is 1. The molecule has 0 saturated carbocycles. The van der Waals surface area contributed by atoms with Crippen LogP contribution in [-0.4, -0.2) is 10.9 Å². The van der Waals surface area contributed by atoms with Gasteiger partial charge in [0.05, 0.1) is 0 Å². The standard InChI is InChI=1S/C12H13N3OS/c13-10(12-14-6-7-17-12)11(16)15-8-9-4-2-1-3-5-9/h1-7,10H,8,13H2,(H,15,16). The highest BCUT2D eigenvalue weighted by Gasteiger charge is 2.17. The highest BCUT2D eigenvalue weighted by Crippen LogP contribution is 2.13. The van der Waals surface area contributed by atoms with Crippen molar-refractivity contribution in [2.24, 2.45) is 5.73 Å². The first kappa shape index (κ1) is 11.8. The fraction of sp³-hybridized carbons (Fsp3) is 0.167. The molecule has 2 rings (SSSR count). The number of nitrogens with two attached hydrogens (primary N) is 1. The van der Waals surface area contributed by atoms with Gasteiger partial charge in [-0.25, -0.2) is 4.98 Å². The van der Waals surface area contributed by atoms with Gasteiger partial charge in [-0.3, -0.25) is 4.79 Å². The number of hydrogen-bond donors (Lipinski definition) is 2. The monoisotopic (exact) mass is 247 g/mol. The molecule has 0 fully saturated rings. The molecule has 1 aromatic carbocycles. The predicted octanol–water partition coefficient (Wildman–Crippen LogP) is 1.46. The van der Waals surface area contributed by atoms with Gasteiger partial charge in [0.25, 0.3) is 0 Å². The summed E-state index contributed by atoms with van der Waals surface area (Å²) in [5, 5.41) is 5.23. The fourth-order valence-corrected chi connectivity index (χ4v) is 2.03. The number of carbonyl (C=O) groups excluding carboxylic acids is 1. The zero-order valence-electron chi connectivity index (χ0n) is 9.17. The van der Waals surface area contributed by atoms with E-state index in [-0.39, 0.29) is 5.91 Å². The molecule has 5 heteroatoms.